The van der Waals surface area contributed by atoms with Gasteiger partial charge >= 0.3 is 0 Å². The Morgan fingerprint density at radius 3 is 2.36 bits per heavy atom. The van der Waals surface area contributed by atoms with Gasteiger partial charge in [-0.2, -0.15) is 0 Å². The highest BCUT2D eigenvalue weighted by molar-refractivity contribution is 8.00. The van der Waals surface area contributed by atoms with Crippen LogP contribution < -0.4 is 10.2 Å². The van der Waals surface area contributed by atoms with Gasteiger partial charge in [0.25, 0.3) is 5.69 Å². The van der Waals surface area contributed by atoms with E-state index < -0.39 is 4.92 Å². The molecule has 0 aliphatic rings. The van der Waals surface area contributed by atoms with Crippen molar-refractivity contribution in [1.82, 2.24) is 5.32 Å². The fourth-order valence-corrected chi connectivity index (χ4v) is 3.10. The number of nitro benzene ring substituents is 1. The highest BCUT2D eigenvalue weighted by atomic mass is 32.2. The number of carbonyl (C=O) groups is 1. The average Bonchev–Trinajstić information content (AvgIpc) is 2.60. The quantitative estimate of drug-likeness (QED) is 0.427. The van der Waals surface area contributed by atoms with Crippen LogP contribution in [0.25, 0.3) is 0 Å². The van der Waals surface area contributed by atoms with Crippen LogP contribution in [0.15, 0.2) is 59.5 Å². The van der Waals surface area contributed by atoms with Gasteiger partial charge in [0.05, 0.1) is 24.8 Å². The summed E-state index contributed by atoms with van der Waals surface area (Å²) < 4.78 is 0. The number of likely N-dealkylation sites (N-methyl/N-ethyl adjacent to an activating group) is 1. The van der Waals surface area contributed by atoms with Gasteiger partial charge < -0.3 is 10.2 Å². The van der Waals surface area contributed by atoms with E-state index in [1.165, 1.54) is 28.8 Å². The number of nitrogens with zero attached hydrogens (tertiary/aromatic N) is 1. The van der Waals surface area contributed by atoms with Crippen LogP contribution >= 0.6 is 11.8 Å². The molecule has 0 bridgehead atoms. The van der Waals surface area contributed by atoms with E-state index in [0.29, 0.717) is 0 Å². The predicted molar refractivity (Wildman–Crippen MR) is 98.8 cm³/mol. The Morgan fingerprint density at radius 1 is 1.16 bits per heavy atom. The minimum Gasteiger partial charge on any atom is -0.343 e. The van der Waals surface area contributed by atoms with Crippen molar-refractivity contribution in [2.24, 2.45) is 0 Å². The van der Waals surface area contributed by atoms with Gasteiger partial charge in [-0.25, -0.2) is 0 Å². The van der Waals surface area contributed by atoms with Gasteiger partial charge in [0.2, 0.25) is 5.91 Å². The Hall–Kier alpha value is -2.38. The first kappa shape index (κ1) is 19.0. The molecule has 2 rings (SSSR count). The second kappa shape index (κ2) is 9.19. The van der Waals surface area contributed by atoms with Gasteiger partial charge in [0.15, 0.2) is 0 Å². The summed E-state index contributed by atoms with van der Waals surface area (Å²) in [4.78, 5) is 24.6. The van der Waals surface area contributed by atoms with Crippen LogP contribution in [0.5, 0.6) is 0 Å². The summed E-state index contributed by atoms with van der Waals surface area (Å²) in [7, 11) is 4.10. The molecule has 0 fully saturated rings. The largest absolute Gasteiger partial charge is 0.343 e. The van der Waals surface area contributed by atoms with Crippen LogP contribution in [0.1, 0.15) is 11.6 Å². The third-order valence-electron chi connectivity index (χ3n) is 3.57. The topological polar surface area (TPSA) is 76.7 Å². The Balaban J connectivity index is 1.93. The maximum atomic E-state index is 12.3. The van der Waals surface area contributed by atoms with Crippen molar-refractivity contribution in [3.05, 3.63) is 70.3 Å². The molecular formula is C18H22N3O3S+. The smallest absolute Gasteiger partial charge is 0.269 e. The SMILES string of the molecule is C[NH+](C)C[C@H](NC(=O)CSc1ccc([N+](=O)[O-])cc1)c1ccccc1. The molecule has 2 N–H and O–H groups in total. The van der Waals surface area contributed by atoms with E-state index in [9.17, 15) is 14.9 Å². The van der Waals surface area contributed by atoms with E-state index in [4.69, 9.17) is 0 Å². The Kier molecular flexibility index (Phi) is 6.97. The van der Waals surface area contributed by atoms with E-state index in [-0.39, 0.29) is 23.4 Å². The minimum atomic E-state index is -0.435. The summed E-state index contributed by atoms with van der Waals surface area (Å²) in [5.41, 5.74) is 1.13. The molecule has 0 saturated heterocycles. The predicted octanol–water partition coefficient (Wildman–Crippen LogP) is 1.69. The number of quaternary nitrogens is 1. The van der Waals surface area contributed by atoms with Crippen LogP contribution in [-0.2, 0) is 4.79 Å². The summed E-state index contributed by atoms with van der Waals surface area (Å²) in [6.45, 7) is 0.790. The molecule has 6 nitrogen and oxygen atoms in total. The van der Waals surface area contributed by atoms with E-state index in [0.717, 1.165) is 17.0 Å². The van der Waals surface area contributed by atoms with Gasteiger partial charge in [-0.3, -0.25) is 14.9 Å². The molecule has 25 heavy (non-hydrogen) atoms. The first-order valence-corrected chi connectivity index (χ1v) is 8.95. The molecular weight excluding hydrogens is 338 g/mol. The molecule has 0 aliphatic heterocycles. The van der Waals surface area contributed by atoms with Crippen molar-refractivity contribution < 1.29 is 14.6 Å². The lowest BCUT2D eigenvalue weighted by atomic mass is 10.1. The lowest BCUT2D eigenvalue weighted by Gasteiger charge is -2.20. The fourth-order valence-electron chi connectivity index (χ4n) is 2.39. The van der Waals surface area contributed by atoms with E-state index in [1.54, 1.807) is 12.1 Å². The van der Waals surface area contributed by atoms with Crippen molar-refractivity contribution in [1.29, 1.82) is 0 Å². The van der Waals surface area contributed by atoms with E-state index in [2.05, 4.69) is 5.32 Å². The van der Waals surface area contributed by atoms with Gasteiger partial charge in [-0.1, -0.05) is 30.3 Å². The monoisotopic (exact) mass is 360 g/mol. The molecule has 0 unspecified atom stereocenters. The number of hydrogen-bond donors (Lipinski definition) is 2. The van der Waals surface area contributed by atoms with Crippen LogP contribution in [0.3, 0.4) is 0 Å². The normalized spacial score (nSPS) is 12.0. The molecule has 7 heteroatoms. The van der Waals surface area contributed by atoms with Crippen LogP contribution in [0.4, 0.5) is 5.69 Å². The van der Waals surface area contributed by atoms with E-state index in [1.807, 2.05) is 44.4 Å². The Bertz CT molecular complexity index is 705. The van der Waals surface area contributed by atoms with Crippen molar-refractivity contribution in [3.8, 4) is 0 Å². The standard InChI is InChI=1S/C18H21N3O3S/c1-20(2)12-17(14-6-4-3-5-7-14)19-18(22)13-25-16-10-8-15(9-11-16)21(23)24/h3-11,17H,12-13H2,1-2H3,(H,19,22)/p+1/t17-/m0/s1. The van der Waals surface area contributed by atoms with Gasteiger partial charge in [0, 0.05) is 17.0 Å². The molecule has 0 saturated carbocycles. The molecule has 0 radical (unpaired) electrons. The molecule has 132 valence electrons. The van der Waals surface area contributed by atoms with Crippen molar-refractivity contribution in [2.45, 2.75) is 10.9 Å². The molecule has 0 aromatic heterocycles. The lowest BCUT2D eigenvalue weighted by Crippen LogP contribution is -3.06. The van der Waals surface area contributed by atoms with E-state index >= 15 is 0 Å². The summed E-state index contributed by atoms with van der Waals surface area (Å²) >= 11 is 1.36. The molecule has 1 atom stereocenters. The minimum absolute atomic E-state index is 0.0452. The molecule has 2 aromatic carbocycles. The molecule has 0 heterocycles. The lowest BCUT2D eigenvalue weighted by molar-refractivity contribution is -0.860. The number of benzene rings is 2. The van der Waals surface area contributed by atoms with Crippen molar-refractivity contribution in [2.75, 3.05) is 26.4 Å². The zero-order chi connectivity index (χ0) is 18.2. The maximum absolute atomic E-state index is 12.3. The molecule has 0 spiro atoms. The van der Waals surface area contributed by atoms with Gasteiger partial charge in [-0.15, -0.1) is 11.8 Å². The first-order chi connectivity index (χ1) is 12.0. The zero-order valence-electron chi connectivity index (χ0n) is 14.3. The average molecular weight is 360 g/mol. The number of thioether (sulfide) groups is 1. The molecule has 0 aliphatic carbocycles. The Labute approximate surface area is 151 Å². The van der Waals surface area contributed by atoms with Gasteiger partial charge in [-0.05, 0) is 17.7 Å². The van der Waals surface area contributed by atoms with Crippen molar-refractivity contribution in [3.63, 3.8) is 0 Å². The van der Waals surface area contributed by atoms with Gasteiger partial charge in [0.1, 0.15) is 12.6 Å². The summed E-state index contributed by atoms with van der Waals surface area (Å²) in [5, 5.41) is 13.7. The van der Waals surface area contributed by atoms with Crippen LogP contribution in [0, 0.1) is 10.1 Å². The summed E-state index contributed by atoms with van der Waals surface area (Å²) in [6.07, 6.45) is 0. The summed E-state index contributed by atoms with van der Waals surface area (Å²) in [5.74, 6) is 0.211. The maximum Gasteiger partial charge on any atom is 0.269 e. The fraction of sp³-hybridized carbons (Fsp3) is 0.278. The number of carbonyl (C=O) groups excluding carboxylic acids is 1. The second-order valence-corrected chi connectivity index (χ2v) is 7.03. The number of hydrogen-bond acceptors (Lipinski definition) is 4. The van der Waals surface area contributed by atoms with Crippen LogP contribution in [0.2, 0.25) is 0 Å². The highest BCUT2D eigenvalue weighted by Crippen LogP contribution is 2.21. The Morgan fingerprint density at radius 2 is 1.80 bits per heavy atom. The third kappa shape index (κ3) is 6.21. The number of rotatable bonds is 8. The van der Waals surface area contributed by atoms with Crippen LogP contribution in [-0.4, -0.2) is 37.2 Å². The molecule has 1 amide bonds. The number of nitro groups is 1. The summed E-state index contributed by atoms with van der Waals surface area (Å²) in [6, 6.07) is 16.1. The molecule has 2 aromatic rings. The third-order valence-corrected chi connectivity index (χ3v) is 4.58. The van der Waals surface area contributed by atoms with Crippen molar-refractivity contribution >= 4 is 23.4 Å². The zero-order valence-corrected chi connectivity index (χ0v) is 15.1. The second-order valence-electron chi connectivity index (χ2n) is 5.98. The highest BCUT2D eigenvalue weighted by Gasteiger charge is 2.17. The number of non-ortho nitro benzene ring substituents is 1. The number of nitrogens with one attached hydrogen (secondary N) is 2. The first-order valence-electron chi connectivity index (χ1n) is 7.96. The number of amides is 1.